The summed E-state index contributed by atoms with van der Waals surface area (Å²) in [7, 11) is 0. The largest absolute Gasteiger partial charge is 0.494 e. The fraction of sp³-hybridized carbons (Fsp3) is 0.400. The lowest BCUT2D eigenvalue weighted by molar-refractivity contribution is -0.116. The molecule has 0 aliphatic heterocycles. The summed E-state index contributed by atoms with van der Waals surface area (Å²) in [4.78, 5) is 25.4. The molecule has 26 heavy (non-hydrogen) atoms. The van der Waals surface area contributed by atoms with E-state index in [0.29, 0.717) is 36.6 Å². The van der Waals surface area contributed by atoms with E-state index in [4.69, 9.17) is 9.47 Å². The highest BCUT2D eigenvalue weighted by Gasteiger charge is 2.18. The van der Waals surface area contributed by atoms with Crippen LogP contribution in [0.15, 0.2) is 30.3 Å². The number of nitrogens with one attached hydrogen (secondary N) is 1. The highest BCUT2D eigenvalue weighted by Crippen LogP contribution is 2.29. The number of anilines is 1. The second-order valence-electron chi connectivity index (χ2n) is 5.65. The minimum absolute atomic E-state index is 0.117. The minimum atomic E-state index is -0.398. The van der Waals surface area contributed by atoms with Crippen molar-refractivity contribution in [2.24, 2.45) is 0 Å². The van der Waals surface area contributed by atoms with E-state index >= 15 is 0 Å². The van der Waals surface area contributed by atoms with Crippen LogP contribution in [0.5, 0.6) is 5.75 Å². The van der Waals surface area contributed by atoms with Gasteiger partial charge in [0.2, 0.25) is 5.91 Å². The molecule has 1 N–H and O–H groups in total. The molecule has 0 aliphatic rings. The number of rotatable bonds is 9. The lowest BCUT2D eigenvalue weighted by Gasteiger charge is -2.07. The lowest BCUT2D eigenvalue weighted by Crippen LogP contribution is -2.14. The average molecular weight is 375 g/mol. The number of carbonyl (C=O) groups is 2. The number of ether oxygens (including phenoxy) is 2. The van der Waals surface area contributed by atoms with Crippen LogP contribution in [-0.4, -0.2) is 25.1 Å². The summed E-state index contributed by atoms with van der Waals surface area (Å²) in [6.07, 6.45) is 1.77. The van der Waals surface area contributed by atoms with E-state index in [-0.39, 0.29) is 5.91 Å². The summed E-state index contributed by atoms with van der Waals surface area (Å²) in [5.74, 6) is 0.310. The first-order valence-corrected chi connectivity index (χ1v) is 9.70. The zero-order valence-corrected chi connectivity index (χ0v) is 16.3. The van der Waals surface area contributed by atoms with E-state index in [1.807, 2.05) is 38.1 Å². The monoisotopic (exact) mass is 375 g/mol. The van der Waals surface area contributed by atoms with Gasteiger partial charge in [-0.1, -0.05) is 19.1 Å². The normalized spacial score (nSPS) is 10.4. The summed E-state index contributed by atoms with van der Waals surface area (Å²) in [5.41, 5.74) is 1.50. The van der Waals surface area contributed by atoms with E-state index in [1.54, 1.807) is 13.0 Å². The molecule has 0 unspecified atom stereocenters. The predicted molar refractivity (Wildman–Crippen MR) is 104 cm³/mol. The summed E-state index contributed by atoms with van der Waals surface area (Å²) in [5, 5.41) is 3.43. The van der Waals surface area contributed by atoms with E-state index in [1.165, 1.54) is 11.3 Å². The van der Waals surface area contributed by atoms with Gasteiger partial charge in [-0.25, -0.2) is 4.79 Å². The molecule has 0 fully saturated rings. The summed E-state index contributed by atoms with van der Waals surface area (Å²) in [6, 6.07) is 9.53. The van der Waals surface area contributed by atoms with Gasteiger partial charge in [-0.15, -0.1) is 11.3 Å². The number of hydrogen-bond acceptors (Lipinski definition) is 5. The van der Waals surface area contributed by atoms with Gasteiger partial charge >= 0.3 is 5.97 Å². The molecule has 5 nitrogen and oxygen atoms in total. The highest BCUT2D eigenvalue weighted by molar-refractivity contribution is 7.16. The Morgan fingerprint density at radius 3 is 2.42 bits per heavy atom. The quantitative estimate of drug-likeness (QED) is 0.657. The van der Waals surface area contributed by atoms with Crippen molar-refractivity contribution in [3.8, 4) is 5.75 Å². The van der Waals surface area contributed by atoms with E-state index in [9.17, 15) is 9.59 Å². The average Bonchev–Trinajstić information content (AvgIpc) is 3.04. The standard InChI is InChI=1S/C20H25NO4S/c1-4-16-13-17(20(23)25-6-3)19(26-16)21-18(22)12-9-14-7-10-15(11-8-14)24-5-2/h7-8,10-11,13H,4-6,9,12H2,1-3H3,(H,21,22). The molecule has 2 aromatic rings. The van der Waals surface area contributed by atoms with Crippen molar-refractivity contribution in [3.05, 3.63) is 46.3 Å². The van der Waals surface area contributed by atoms with Gasteiger partial charge in [-0.2, -0.15) is 0 Å². The molecule has 1 aromatic carbocycles. The van der Waals surface area contributed by atoms with Crippen LogP contribution in [0.3, 0.4) is 0 Å². The Hall–Kier alpha value is -2.34. The maximum atomic E-state index is 12.3. The van der Waals surface area contributed by atoms with E-state index < -0.39 is 5.97 Å². The van der Waals surface area contributed by atoms with Crippen molar-refractivity contribution < 1.29 is 19.1 Å². The molecule has 140 valence electrons. The number of carbonyl (C=O) groups excluding carboxylic acids is 2. The number of amides is 1. The van der Waals surface area contributed by atoms with Crippen LogP contribution in [0.4, 0.5) is 5.00 Å². The molecule has 0 aliphatic carbocycles. The Morgan fingerprint density at radius 2 is 1.81 bits per heavy atom. The topological polar surface area (TPSA) is 64.6 Å². The van der Waals surface area contributed by atoms with Gasteiger partial charge in [0.1, 0.15) is 10.8 Å². The number of hydrogen-bond donors (Lipinski definition) is 1. The minimum Gasteiger partial charge on any atom is -0.494 e. The van der Waals surface area contributed by atoms with Crippen LogP contribution in [0.1, 0.15) is 48.0 Å². The van der Waals surface area contributed by atoms with Gasteiger partial charge in [-0.3, -0.25) is 4.79 Å². The molecule has 0 bridgehead atoms. The first-order chi connectivity index (χ1) is 12.6. The molecular formula is C20H25NO4S. The van der Waals surface area contributed by atoms with Gasteiger partial charge < -0.3 is 14.8 Å². The predicted octanol–water partition coefficient (Wildman–Crippen LogP) is 4.46. The zero-order valence-electron chi connectivity index (χ0n) is 15.5. The first kappa shape index (κ1) is 20.0. The number of thiophene rings is 1. The molecule has 0 saturated heterocycles. The molecule has 1 heterocycles. The smallest absolute Gasteiger partial charge is 0.341 e. The van der Waals surface area contributed by atoms with Crippen molar-refractivity contribution >= 4 is 28.2 Å². The SMILES string of the molecule is CCOC(=O)c1cc(CC)sc1NC(=O)CCc1ccc(OCC)cc1. The molecule has 0 atom stereocenters. The molecule has 1 amide bonds. The van der Waals surface area contributed by atoms with Gasteiger partial charge in [0.05, 0.1) is 18.8 Å². The van der Waals surface area contributed by atoms with Gasteiger partial charge in [0.25, 0.3) is 0 Å². The summed E-state index contributed by atoms with van der Waals surface area (Å²) < 4.78 is 10.5. The molecular weight excluding hydrogens is 350 g/mol. The Kier molecular flexibility index (Phi) is 7.66. The molecule has 2 rings (SSSR count). The zero-order chi connectivity index (χ0) is 18.9. The van der Waals surface area contributed by atoms with Gasteiger partial charge in [0, 0.05) is 11.3 Å². The van der Waals surface area contributed by atoms with Crippen LogP contribution in [0.2, 0.25) is 0 Å². The van der Waals surface area contributed by atoms with Crippen LogP contribution in [0, 0.1) is 0 Å². The number of esters is 1. The van der Waals surface area contributed by atoms with Crippen LogP contribution in [-0.2, 0) is 22.4 Å². The molecule has 0 spiro atoms. The summed E-state index contributed by atoms with van der Waals surface area (Å²) >= 11 is 1.42. The molecule has 0 radical (unpaired) electrons. The van der Waals surface area contributed by atoms with E-state index in [0.717, 1.165) is 22.6 Å². The maximum absolute atomic E-state index is 12.3. The van der Waals surface area contributed by atoms with Crippen molar-refractivity contribution in [1.82, 2.24) is 0 Å². The van der Waals surface area contributed by atoms with Crippen LogP contribution < -0.4 is 10.1 Å². The Bertz CT molecular complexity index is 737. The van der Waals surface area contributed by atoms with Crippen molar-refractivity contribution in [2.45, 2.75) is 40.0 Å². The fourth-order valence-electron chi connectivity index (χ4n) is 2.44. The first-order valence-electron chi connectivity index (χ1n) is 8.88. The van der Waals surface area contributed by atoms with Crippen molar-refractivity contribution in [2.75, 3.05) is 18.5 Å². The third kappa shape index (κ3) is 5.59. The number of benzene rings is 1. The second-order valence-corrected chi connectivity index (χ2v) is 6.79. The van der Waals surface area contributed by atoms with Crippen LogP contribution >= 0.6 is 11.3 Å². The molecule has 0 saturated carbocycles. The van der Waals surface area contributed by atoms with Crippen molar-refractivity contribution in [1.29, 1.82) is 0 Å². The Labute approximate surface area is 158 Å². The third-order valence-electron chi connectivity index (χ3n) is 3.75. The highest BCUT2D eigenvalue weighted by atomic mass is 32.1. The fourth-order valence-corrected chi connectivity index (χ4v) is 3.44. The number of aryl methyl sites for hydroxylation is 2. The second kappa shape index (κ2) is 9.97. The molecule has 1 aromatic heterocycles. The van der Waals surface area contributed by atoms with Crippen molar-refractivity contribution in [3.63, 3.8) is 0 Å². The molecule has 6 heteroatoms. The Morgan fingerprint density at radius 1 is 1.08 bits per heavy atom. The van der Waals surface area contributed by atoms with Gasteiger partial charge in [0.15, 0.2) is 0 Å². The van der Waals surface area contributed by atoms with E-state index in [2.05, 4.69) is 5.32 Å². The third-order valence-corrected chi connectivity index (χ3v) is 4.95. The lowest BCUT2D eigenvalue weighted by atomic mass is 10.1. The van der Waals surface area contributed by atoms with Crippen LogP contribution in [0.25, 0.3) is 0 Å². The van der Waals surface area contributed by atoms with Gasteiger partial charge in [-0.05, 0) is 50.5 Å². The maximum Gasteiger partial charge on any atom is 0.341 e. The Balaban J connectivity index is 1.96. The summed E-state index contributed by atoms with van der Waals surface area (Å²) in [6.45, 7) is 6.65.